The van der Waals surface area contributed by atoms with Gasteiger partial charge in [-0.3, -0.25) is 14.7 Å². The van der Waals surface area contributed by atoms with Crippen molar-refractivity contribution >= 4 is 17.9 Å². The largest absolute Gasteiger partial charge is 0.447 e. The predicted octanol–water partition coefficient (Wildman–Crippen LogP) is 3.02. The molecule has 0 radical (unpaired) electrons. The van der Waals surface area contributed by atoms with E-state index in [1.165, 1.54) is 11.1 Å². The van der Waals surface area contributed by atoms with Gasteiger partial charge in [-0.05, 0) is 52.4 Å². The highest BCUT2D eigenvalue weighted by molar-refractivity contribution is 5.89. The molecule has 2 aliphatic heterocycles. The Morgan fingerprint density at radius 2 is 2.06 bits per heavy atom. The molecule has 0 saturated carbocycles. The number of aromatic nitrogens is 2. The number of nitrogens with one attached hydrogen (secondary N) is 1. The van der Waals surface area contributed by atoms with Crippen LogP contribution in [0.4, 0.5) is 21.0 Å². The summed E-state index contributed by atoms with van der Waals surface area (Å²) in [6.45, 7) is 11.3. The minimum absolute atomic E-state index is 0.0582. The summed E-state index contributed by atoms with van der Waals surface area (Å²) < 4.78 is 20.1. The second-order valence-electron chi connectivity index (χ2n) is 10.2. The number of cyclic esters (lactones) is 1. The van der Waals surface area contributed by atoms with Crippen molar-refractivity contribution in [2.75, 3.05) is 43.5 Å². The first kappa shape index (κ1) is 25.3. The molecule has 1 unspecified atom stereocenters. The second-order valence-corrected chi connectivity index (χ2v) is 10.2. The van der Waals surface area contributed by atoms with Gasteiger partial charge in [-0.2, -0.15) is 4.98 Å². The average Bonchev–Trinajstić information content (AvgIpc) is 3.19. The second kappa shape index (κ2) is 10.0. The number of likely N-dealkylation sites (N-methyl/N-ethyl adjacent to an activating group) is 1. The highest BCUT2D eigenvalue weighted by Crippen LogP contribution is 2.26. The van der Waals surface area contributed by atoms with E-state index in [9.17, 15) is 9.90 Å². The van der Waals surface area contributed by atoms with Gasteiger partial charge >= 0.3 is 6.09 Å². The first-order chi connectivity index (χ1) is 16.5. The van der Waals surface area contributed by atoms with Crippen LogP contribution in [0.25, 0.3) is 0 Å². The van der Waals surface area contributed by atoms with E-state index in [0.717, 1.165) is 25.2 Å². The lowest BCUT2D eigenvalue weighted by molar-refractivity contribution is 0.0355. The lowest BCUT2D eigenvalue weighted by Gasteiger charge is -2.45. The predicted molar refractivity (Wildman–Crippen MR) is 132 cm³/mol. The lowest BCUT2D eigenvalue weighted by atomic mass is 9.99. The molecule has 4 rings (SSSR count). The highest BCUT2D eigenvalue weighted by atomic mass is 19.1. The molecule has 0 aliphatic carbocycles. The fraction of sp³-hybridized carbons (Fsp3) is 0.560. The zero-order valence-corrected chi connectivity index (χ0v) is 21.0. The van der Waals surface area contributed by atoms with Crippen LogP contribution in [-0.4, -0.2) is 81.9 Å². The minimum Gasteiger partial charge on any atom is -0.447 e. The molecule has 35 heavy (non-hydrogen) atoms. The third-order valence-electron chi connectivity index (χ3n) is 7.06. The number of benzene rings is 1. The van der Waals surface area contributed by atoms with E-state index in [0.29, 0.717) is 23.9 Å². The van der Waals surface area contributed by atoms with Crippen LogP contribution in [0.1, 0.15) is 44.9 Å². The smallest absolute Gasteiger partial charge is 0.416 e. The van der Waals surface area contributed by atoms with E-state index in [1.807, 2.05) is 19.1 Å². The van der Waals surface area contributed by atoms with Gasteiger partial charge in [0.1, 0.15) is 24.3 Å². The molecule has 1 amide bonds. The summed E-state index contributed by atoms with van der Waals surface area (Å²) in [6.07, 6.45) is 0.198. The number of carbonyl (C=O) groups excluding carboxylic acids is 1. The highest BCUT2D eigenvalue weighted by Gasteiger charge is 2.38. The Kier molecular flexibility index (Phi) is 7.25. The molecule has 2 N–H and O–H groups in total. The van der Waals surface area contributed by atoms with Gasteiger partial charge in [-0.1, -0.05) is 12.1 Å². The summed E-state index contributed by atoms with van der Waals surface area (Å²) in [5.74, 6) is 0.394. The van der Waals surface area contributed by atoms with Crippen LogP contribution in [0.2, 0.25) is 0 Å². The van der Waals surface area contributed by atoms with E-state index in [1.54, 1.807) is 19.1 Å². The van der Waals surface area contributed by atoms with Crippen molar-refractivity contribution in [3.05, 3.63) is 47.4 Å². The molecule has 1 aromatic carbocycles. The summed E-state index contributed by atoms with van der Waals surface area (Å²) in [5.41, 5.74) is 1.50. The van der Waals surface area contributed by atoms with Crippen LogP contribution in [-0.2, 0) is 11.3 Å². The van der Waals surface area contributed by atoms with Gasteiger partial charge < -0.3 is 15.2 Å². The number of ether oxygens (including phenoxy) is 1. The fourth-order valence-electron chi connectivity index (χ4n) is 4.56. The number of carbonyl (C=O) groups is 1. The van der Waals surface area contributed by atoms with Gasteiger partial charge in [-0.15, -0.1) is 0 Å². The third-order valence-corrected chi connectivity index (χ3v) is 7.06. The van der Waals surface area contributed by atoms with Gasteiger partial charge in [0.15, 0.2) is 0 Å². The Bertz CT molecular complexity index is 1070. The van der Waals surface area contributed by atoms with Gasteiger partial charge in [0.2, 0.25) is 5.95 Å². The van der Waals surface area contributed by atoms with Gasteiger partial charge in [0.05, 0.1) is 12.1 Å². The maximum Gasteiger partial charge on any atom is 0.416 e. The topological polar surface area (TPSA) is 94.1 Å². The normalized spacial score (nSPS) is 22.7. The molecule has 9 nitrogen and oxygen atoms in total. The summed E-state index contributed by atoms with van der Waals surface area (Å²) in [4.78, 5) is 26.8. The molecule has 2 aromatic rings. The monoisotopic (exact) mass is 486 g/mol. The SMILES string of the molecule is C[C@H](Nc1nccc(N2C(=O)OCC2[C@H](C)O)n1)c1ccc(CN2CCN(C)C(C)(C)C2)c(F)c1. The van der Waals surface area contributed by atoms with Crippen molar-refractivity contribution in [3.8, 4) is 0 Å². The van der Waals surface area contributed by atoms with Crippen LogP contribution >= 0.6 is 0 Å². The first-order valence-corrected chi connectivity index (χ1v) is 12.0. The Morgan fingerprint density at radius 1 is 1.29 bits per heavy atom. The zero-order chi connectivity index (χ0) is 25.3. The molecule has 3 heterocycles. The number of rotatable bonds is 7. The zero-order valence-electron chi connectivity index (χ0n) is 21.0. The number of hydrogen-bond acceptors (Lipinski definition) is 8. The molecular weight excluding hydrogens is 451 g/mol. The maximum absolute atomic E-state index is 15.0. The van der Waals surface area contributed by atoms with Crippen LogP contribution in [0.15, 0.2) is 30.5 Å². The molecular formula is C25H35FN6O3. The fourth-order valence-corrected chi connectivity index (χ4v) is 4.56. The third kappa shape index (κ3) is 5.55. The number of nitrogens with zero attached hydrogens (tertiary/aromatic N) is 5. The summed E-state index contributed by atoms with van der Waals surface area (Å²) in [7, 11) is 2.13. The summed E-state index contributed by atoms with van der Waals surface area (Å²) in [6, 6.07) is 6.12. The molecule has 1 aromatic heterocycles. The van der Waals surface area contributed by atoms with E-state index in [2.05, 4.69) is 46.0 Å². The Hall–Kier alpha value is -2.82. The summed E-state index contributed by atoms with van der Waals surface area (Å²) >= 11 is 0. The number of anilines is 2. The molecule has 2 fully saturated rings. The number of hydrogen-bond donors (Lipinski definition) is 2. The molecule has 0 bridgehead atoms. The number of aliphatic hydroxyl groups excluding tert-OH is 1. The van der Waals surface area contributed by atoms with E-state index < -0.39 is 18.2 Å². The van der Waals surface area contributed by atoms with Crippen LogP contribution in [0, 0.1) is 5.82 Å². The first-order valence-electron chi connectivity index (χ1n) is 12.0. The average molecular weight is 487 g/mol. The van der Waals surface area contributed by atoms with E-state index >= 15 is 4.39 Å². The van der Waals surface area contributed by atoms with Crippen LogP contribution in [0.3, 0.4) is 0 Å². The number of amides is 1. The van der Waals surface area contributed by atoms with E-state index in [4.69, 9.17) is 4.74 Å². The lowest BCUT2D eigenvalue weighted by Crippen LogP contribution is -2.57. The van der Waals surface area contributed by atoms with Gasteiger partial charge in [0.25, 0.3) is 0 Å². The molecule has 0 spiro atoms. The van der Waals surface area contributed by atoms with Crippen molar-refractivity contribution in [1.29, 1.82) is 0 Å². The van der Waals surface area contributed by atoms with Crippen LogP contribution in [0.5, 0.6) is 0 Å². The molecule has 10 heteroatoms. The van der Waals surface area contributed by atoms with Crippen LogP contribution < -0.4 is 10.2 Å². The maximum atomic E-state index is 15.0. The van der Waals surface area contributed by atoms with E-state index in [-0.39, 0.29) is 24.0 Å². The quantitative estimate of drug-likeness (QED) is 0.617. The van der Waals surface area contributed by atoms with Crippen molar-refractivity contribution in [2.24, 2.45) is 0 Å². The number of piperazine rings is 1. The van der Waals surface area contributed by atoms with Crippen molar-refractivity contribution in [1.82, 2.24) is 19.8 Å². The minimum atomic E-state index is -0.773. The number of aliphatic hydroxyl groups is 1. The summed E-state index contributed by atoms with van der Waals surface area (Å²) in [5, 5.41) is 13.2. The van der Waals surface area contributed by atoms with Crippen molar-refractivity contribution in [3.63, 3.8) is 0 Å². The van der Waals surface area contributed by atoms with Crippen molar-refractivity contribution in [2.45, 2.75) is 58.0 Å². The Labute approximate surface area is 205 Å². The standard InChI is InChI=1S/C25H35FN6O3/c1-16(28-23-27-9-8-22(29-23)32-21(17(2)33)14-35-24(32)34)18-6-7-19(20(26)12-18)13-31-11-10-30(5)25(3,4)15-31/h6-9,12,16-17,21,33H,10-11,13-15H2,1-5H3,(H,27,28,29)/t16-,17-,21?/m0/s1. The van der Waals surface area contributed by atoms with Gasteiger partial charge in [0, 0.05) is 43.5 Å². The molecule has 2 aliphatic rings. The Morgan fingerprint density at radius 3 is 2.74 bits per heavy atom. The number of halogens is 1. The Balaban J connectivity index is 1.43. The van der Waals surface area contributed by atoms with Gasteiger partial charge in [-0.25, -0.2) is 14.2 Å². The molecule has 190 valence electrons. The molecule has 3 atom stereocenters. The molecule has 2 saturated heterocycles. The van der Waals surface area contributed by atoms with Crippen molar-refractivity contribution < 1.29 is 19.0 Å².